The second-order valence-electron chi connectivity index (χ2n) is 6.05. The Bertz CT molecular complexity index is 711. The van der Waals surface area contributed by atoms with Crippen LogP contribution in [0.2, 0.25) is 0 Å². The summed E-state index contributed by atoms with van der Waals surface area (Å²) in [6.07, 6.45) is 2.76. The fraction of sp³-hybridized carbons (Fsp3) is 0.389. The van der Waals surface area contributed by atoms with Crippen LogP contribution >= 0.6 is 0 Å². The zero-order chi connectivity index (χ0) is 17.3. The molecule has 0 radical (unpaired) electrons. The molecule has 0 aromatic heterocycles. The molecule has 1 aromatic rings. The minimum atomic E-state index is -0.854. The SMILES string of the molecule is CC(=O)N1C=Cc2ccccc2C1CC(=O)OC1CC(C)OC1=O. The van der Waals surface area contributed by atoms with E-state index in [4.69, 9.17) is 9.47 Å². The lowest BCUT2D eigenvalue weighted by Gasteiger charge is -2.32. The second-order valence-corrected chi connectivity index (χ2v) is 6.05. The van der Waals surface area contributed by atoms with Crippen molar-refractivity contribution in [3.8, 4) is 0 Å². The fourth-order valence-corrected chi connectivity index (χ4v) is 3.09. The van der Waals surface area contributed by atoms with Gasteiger partial charge in [0, 0.05) is 19.5 Å². The molecular weight excluding hydrogens is 310 g/mol. The molecule has 0 spiro atoms. The van der Waals surface area contributed by atoms with Gasteiger partial charge in [-0.15, -0.1) is 0 Å². The normalized spacial score (nSPS) is 25.2. The average Bonchev–Trinajstić information content (AvgIpc) is 2.84. The van der Waals surface area contributed by atoms with Crippen LogP contribution in [0.3, 0.4) is 0 Å². The summed E-state index contributed by atoms with van der Waals surface area (Å²) < 4.78 is 10.3. The Kier molecular flexibility index (Phi) is 4.38. The first kappa shape index (κ1) is 16.2. The molecule has 0 N–H and O–H groups in total. The van der Waals surface area contributed by atoms with Gasteiger partial charge < -0.3 is 14.4 Å². The summed E-state index contributed by atoms with van der Waals surface area (Å²) in [4.78, 5) is 37.3. The third-order valence-electron chi connectivity index (χ3n) is 4.23. The van der Waals surface area contributed by atoms with Crippen molar-refractivity contribution < 1.29 is 23.9 Å². The van der Waals surface area contributed by atoms with Crippen LogP contribution in [-0.4, -0.2) is 35.0 Å². The number of ether oxygens (including phenoxy) is 2. The molecule has 0 bridgehead atoms. The van der Waals surface area contributed by atoms with E-state index in [1.165, 1.54) is 11.8 Å². The number of cyclic esters (lactones) is 1. The van der Waals surface area contributed by atoms with Gasteiger partial charge in [0.05, 0.1) is 12.5 Å². The molecule has 3 atom stereocenters. The maximum atomic E-state index is 12.3. The molecule has 0 saturated carbocycles. The van der Waals surface area contributed by atoms with E-state index in [0.29, 0.717) is 6.42 Å². The van der Waals surface area contributed by atoms with Crippen LogP contribution < -0.4 is 0 Å². The van der Waals surface area contributed by atoms with E-state index in [1.54, 1.807) is 13.1 Å². The maximum Gasteiger partial charge on any atom is 0.347 e. The molecular formula is C18H19NO5. The van der Waals surface area contributed by atoms with Crippen molar-refractivity contribution in [3.05, 3.63) is 41.6 Å². The first-order chi connectivity index (χ1) is 11.5. The largest absolute Gasteiger partial charge is 0.460 e. The first-order valence-electron chi connectivity index (χ1n) is 7.91. The molecule has 1 amide bonds. The summed E-state index contributed by atoms with van der Waals surface area (Å²) in [5.41, 5.74) is 1.84. The molecule has 6 nitrogen and oxygen atoms in total. The van der Waals surface area contributed by atoms with Gasteiger partial charge in [-0.1, -0.05) is 24.3 Å². The second kappa shape index (κ2) is 6.47. The van der Waals surface area contributed by atoms with E-state index >= 15 is 0 Å². The Morgan fingerprint density at radius 3 is 2.75 bits per heavy atom. The van der Waals surface area contributed by atoms with Crippen LogP contribution in [0, 0.1) is 0 Å². The average molecular weight is 329 g/mol. The Morgan fingerprint density at radius 2 is 2.08 bits per heavy atom. The third-order valence-corrected chi connectivity index (χ3v) is 4.23. The quantitative estimate of drug-likeness (QED) is 0.795. The van der Waals surface area contributed by atoms with Gasteiger partial charge >= 0.3 is 11.9 Å². The highest BCUT2D eigenvalue weighted by Crippen LogP contribution is 2.33. The lowest BCUT2D eigenvalue weighted by atomic mass is 9.94. The van der Waals surface area contributed by atoms with Crippen molar-refractivity contribution in [2.45, 2.75) is 44.9 Å². The summed E-state index contributed by atoms with van der Waals surface area (Å²) in [5.74, 6) is -1.19. The van der Waals surface area contributed by atoms with Gasteiger partial charge in [0.1, 0.15) is 6.10 Å². The molecule has 126 valence electrons. The molecule has 2 aliphatic rings. The summed E-state index contributed by atoms with van der Waals surface area (Å²) in [7, 11) is 0. The first-order valence-corrected chi connectivity index (χ1v) is 7.91. The molecule has 1 saturated heterocycles. The number of nitrogens with zero attached hydrogens (tertiary/aromatic N) is 1. The molecule has 3 rings (SSSR count). The fourth-order valence-electron chi connectivity index (χ4n) is 3.09. The Balaban J connectivity index is 1.76. The molecule has 2 aliphatic heterocycles. The lowest BCUT2D eigenvalue weighted by Crippen LogP contribution is -2.33. The number of carbonyl (C=O) groups excluding carboxylic acids is 3. The number of esters is 2. The predicted octanol–water partition coefficient (Wildman–Crippen LogP) is 2.20. The van der Waals surface area contributed by atoms with E-state index in [9.17, 15) is 14.4 Å². The van der Waals surface area contributed by atoms with Gasteiger partial charge in [0.15, 0.2) is 0 Å². The predicted molar refractivity (Wildman–Crippen MR) is 85.4 cm³/mol. The smallest absolute Gasteiger partial charge is 0.347 e. The Morgan fingerprint density at radius 1 is 1.33 bits per heavy atom. The lowest BCUT2D eigenvalue weighted by molar-refractivity contribution is -0.161. The molecule has 1 fully saturated rings. The Hall–Kier alpha value is -2.63. The van der Waals surface area contributed by atoms with Crippen molar-refractivity contribution >= 4 is 23.9 Å². The van der Waals surface area contributed by atoms with Gasteiger partial charge in [-0.05, 0) is 24.1 Å². The number of rotatable bonds is 3. The molecule has 3 unspecified atom stereocenters. The summed E-state index contributed by atoms with van der Waals surface area (Å²) in [6, 6.07) is 7.14. The molecule has 0 aliphatic carbocycles. The van der Waals surface area contributed by atoms with Crippen molar-refractivity contribution in [1.82, 2.24) is 4.90 Å². The van der Waals surface area contributed by atoms with Crippen LogP contribution in [-0.2, 0) is 23.9 Å². The summed E-state index contributed by atoms with van der Waals surface area (Å²) in [6.45, 7) is 3.21. The molecule has 2 heterocycles. The van der Waals surface area contributed by atoms with Crippen molar-refractivity contribution in [3.63, 3.8) is 0 Å². The van der Waals surface area contributed by atoms with E-state index < -0.39 is 24.1 Å². The summed E-state index contributed by atoms with van der Waals surface area (Å²) in [5, 5.41) is 0. The molecule has 1 aromatic carbocycles. The monoisotopic (exact) mass is 329 g/mol. The number of amides is 1. The zero-order valence-corrected chi connectivity index (χ0v) is 13.6. The van der Waals surface area contributed by atoms with Gasteiger partial charge in [-0.2, -0.15) is 0 Å². The minimum Gasteiger partial charge on any atom is -0.460 e. The van der Waals surface area contributed by atoms with Crippen LogP contribution in [0.5, 0.6) is 0 Å². The van der Waals surface area contributed by atoms with Gasteiger partial charge in [-0.3, -0.25) is 9.59 Å². The van der Waals surface area contributed by atoms with Crippen molar-refractivity contribution in [2.24, 2.45) is 0 Å². The van der Waals surface area contributed by atoms with Gasteiger partial charge in [0.25, 0.3) is 0 Å². The van der Waals surface area contributed by atoms with E-state index in [2.05, 4.69) is 0 Å². The van der Waals surface area contributed by atoms with Crippen LogP contribution in [0.4, 0.5) is 0 Å². The van der Waals surface area contributed by atoms with Crippen LogP contribution in [0.15, 0.2) is 30.5 Å². The minimum absolute atomic E-state index is 0.0148. The Labute approximate surface area is 140 Å². The van der Waals surface area contributed by atoms with Gasteiger partial charge in [0.2, 0.25) is 12.0 Å². The van der Waals surface area contributed by atoms with Gasteiger partial charge in [-0.25, -0.2) is 4.79 Å². The number of fused-ring (bicyclic) bond motifs is 1. The number of hydrogen-bond acceptors (Lipinski definition) is 5. The van der Waals surface area contributed by atoms with E-state index in [-0.39, 0.29) is 18.4 Å². The van der Waals surface area contributed by atoms with E-state index in [0.717, 1.165) is 11.1 Å². The maximum absolute atomic E-state index is 12.3. The standard InChI is InChI=1S/C18H19NO5/c1-11-9-16(18(22)23-11)24-17(21)10-15-14-6-4-3-5-13(14)7-8-19(15)12(2)20/h3-8,11,15-16H,9-10H2,1-2H3. The van der Waals surface area contributed by atoms with Crippen molar-refractivity contribution in [1.29, 1.82) is 0 Å². The summed E-state index contributed by atoms with van der Waals surface area (Å²) >= 11 is 0. The van der Waals surface area contributed by atoms with Crippen molar-refractivity contribution in [2.75, 3.05) is 0 Å². The highest BCUT2D eigenvalue weighted by Gasteiger charge is 2.36. The highest BCUT2D eigenvalue weighted by molar-refractivity contribution is 5.83. The topological polar surface area (TPSA) is 72.9 Å². The number of benzene rings is 1. The number of hydrogen-bond donors (Lipinski definition) is 0. The zero-order valence-electron chi connectivity index (χ0n) is 13.6. The molecule has 6 heteroatoms. The highest BCUT2D eigenvalue weighted by atomic mass is 16.6. The molecule has 24 heavy (non-hydrogen) atoms. The van der Waals surface area contributed by atoms with Crippen LogP contribution in [0.1, 0.15) is 43.9 Å². The third kappa shape index (κ3) is 3.18. The van der Waals surface area contributed by atoms with Crippen LogP contribution in [0.25, 0.3) is 6.08 Å². The van der Waals surface area contributed by atoms with E-state index in [1.807, 2.05) is 30.3 Å². The number of carbonyl (C=O) groups is 3.